The van der Waals surface area contributed by atoms with E-state index in [-0.39, 0.29) is 31.1 Å². The Kier molecular flexibility index (Phi) is 60.6. The van der Waals surface area contributed by atoms with Gasteiger partial charge in [-0.2, -0.15) is 0 Å². The van der Waals surface area contributed by atoms with Crippen molar-refractivity contribution in [2.45, 2.75) is 374 Å². The molecular weight excluding hydrogens is 901 g/mol. The van der Waals surface area contributed by atoms with Crippen LogP contribution in [0.25, 0.3) is 0 Å². The zero-order valence-electron chi connectivity index (χ0n) is 49.4. The molecule has 0 heterocycles. The molecule has 0 N–H and O–H groups in total. The van der Waals surface area contributed by atoms with Crippen LogP contribution in [0.5, 0.6) is 0 Å². The highest BCUT2D eigenvalue weighted by molar-refractivity contribution is 5.71. The molecule has 0 saturated carbocycles. The van der Waals surface area contributed by atoms with Gasteiger partial charge in [0.1, 0.15) is 13.2 Å². The lowest BCUT2D eigenvalue weighted by molar-refractivity contribution is -0.167. The van der Waals surface area contributed by atoms with Gasteiger partial charge in [0.2, 0.25) is 0 Å². The average Bonchev–Trinajstić information content (AvgIpc) is 3.39. The molecule has 6 nitrogen and oxygen atoms in total. The van der Waals surface area contributed by atoms with E-state index in [2.05, 4.69) is 45.1 Å². The largest absolute Gasteiger partial charge is 0.462 e. The molecule has 73 heavy (non-hydrogen) atoms. The molecular formula is C67H126O6. The molecule has 1 unspecified atom stereocenters. The van der Waals surface area contributed by atoms with Gasteiger partial charge in [0.15, 0.2) is 6.10 Å². The number of allylic oxidation sites excluding steroid dienone is 4. The van der Waals surface area contributed by atoms with Crippen molar-refractivity contribution >= 4 is 17.9 Å². The summed E-state index contributed by atoms with van der Waals surface area (Å²) < 4.78 is 17.0. The van der Waals surface area contributed by atoms with Gasteiger partial charge >= 0.3 is 17.9 Å². The molecule has 0 spiro atoms. The second-order valence-corrected chi connectivity index (χ2v) is 22.4. The third-order valence-electron chi connectivity index (χ3n) is 15.0. The van der Waals surface area contributed by atoms with Crippen LogP contribution < -0.4 is 0 Å². The summed E-state index contributed by atoms with van der Waals surface area (Å²) in [5.74, 6) is -0.839. The Morgan fingerprint density at radius 3 is 0.781 bits per heavy atom. The summed E-state index contributed by atoms with van der Waals surface area (Å²) in [6, 6.07) is 0. The second kappa shape index (κ2) is 62.4. The first-order valence-corrected chi connectivity index (χ1v) is 32.8. The zero-order valence-corrected chi connectivity index (χ0v) is 49.4. The molecule has 0 aliphatic heterocycles. The molecule has 0 saturated heterocycles. The van der Waals surface area contributed by atoms with Crippen molar-refractivity contribution < 1.29 is 28.6 Å². The van der Waals surface area contributed by atoms with Gasteiger partial charge in [0, 0.05) is 19.3 Å². The van der Waals surface area contributed by atoms with E-state index >= 15 is 0 Å². The molecule has 0 aromatic heterocycles. The number of unbranched alkanes of at least 4 members (excludes halogenated alkanes) is 46. The van der Waals surface area contributed by atoms with E-state index in [1.165, 1.54) is 263 Å². The SMILES string of the molecule is CCCCC/C=C\C/C=C\CCCCCCCCCCCC(=O)OCC(COC(=O)CCCCCCCCCCCCCCCCCCC)OC(=O)CCCCCCCCCCCCCCCCCCCCC. The highest BCUT2D eigenvalue weighted by Gasteiger charge is 2.19. The first-order valence-electron chi connectivity index (χ1n) is 32.8. The maximum Gasteiger partial charge on any atom is 0.306 e. The summed E-state index contributed by atoms with van der Waals surface area (Å²) in [6.07, 6.45) is 74.6. The number of carbonyl (C=O) groups excluding carboxylic acids is 3. The van der Waals surface area contributed by atoms with Crippen LogP contribution in [0.4, 0.5) is 0 Å². The summed E-state index contributed by atoms with van der Waals surface area (Å²) in [5.41, 5.74) is 0. The Balaban J connectivity index is 4.31. The Hall–Kier alpha value is -2.11. The summed E-state index contributed by atoms with van der Waals surface area (Å²) in [4.78, 5) is 38.4. The Morgan fingerprint density at radius 2 is 0.493 bits per heavy atom. The van der Waals surface area contributed by atoms with Crippen LogP contribution in [0, 0.1) is 0 Å². The van der Waals surface area contributed by atoms with Gasteiger partial charge in [-0.25, -0.2) is 0 Å². The van der Waals surface area contributed by atoms with Crippen LogP contribution in [0.15, 0.2) is 24.3 Å². The summed E-state index contributed by atoms with van der Waals surface area (Å²) >= 11 is 0. The van der Waals surface area contributed by atoms with Crippen LogP contribution in [0.2, 0.25) is 0 Å². The van der Waals surface area contributed by atoms with Crippen LogP contribution in [0.1, 0.15) is 367 Å². The third-order valence-corrected chi connectivity index (χ3v) is 15.0. The Morgan fingerprint density at radius 1 is 0.274 bits per heavy atom. The fraction of sp³-hybridized carbons (Fsp3) is 0.896. The number of esters is 3. The molecule has 430 valence electrons. The van der Waals surface area contributed by atoms with Crippen LogP contribution >= 0.6 is 0 Å². The second-order valence-electron chi connectivity index (χ2n) is 22.4. The maximum absolute atomic E-state index is 12.9. The number of hydrogen-bond donors (Lipinski definition) is 0. The van der Waals surface area contributed by atoms with E-state index in [0.717, 1.165) is 64.2 Å². The summed E-state index contributed by atoms with van der Waals surface area (Å²) in [7, 11) is 0. The van der Waals surface area contributed by atoms with Gasteiger partial charge in [0.25, 0.3) is 0 Å². The molecule has 0 aromatic rings. The van der Waals surface area contributed by atoms with E-state index in [4.69, 9.17) is 14.2 Å². The highest BCUT2D eigenvalue weighted by Crippen LogP contribution is 2.18. The smallest absolute Gasteiger partial charge is 0.306 e. The molecule has 0 fully saturated rings. The molecule has 0 aliphatic carbocycles. The van der Waals surface area contributed by atoms with E-state index in [1.54, 1.807) is 0 Å². The van der Waals surface area contributed by atoms with Crippen molar-refractivity contribution in [2.75, 3.05) is 13.2 Å². The lowest BCUT2D eigenvalue weighted by atomic mass is 10.0. The monoisotopic (exact) mass is 1030 g/mol. The van der Waals surface area contributed by atoms with Crippen LogP contribution in [0.3, 0.4) is 0 Å². The van der Waals surface area contributed by atoms with E-state index in [1.807, 2.05) is 0 Å². The van der Waals surface area contributed by atoms with Crippen LogP contribution in [-0.4, -0.2) is 37.2 Å². The lowest BCUT2D eigenvalue weighted by Gasteiger charge is -2.18. The third kappa shape index (κ3) is 60.6. The van der Waals surface area contributed by atoms with Crippen molar-refractivity contribution in [3.8, 4) is 0 Å². The first-order chi connectivity index (χ1) is 36.0. The van der Waals surface area contributed by atoms with Crippen molar-refractivity contribution in [2.24, 2.45) is 0 Å². The molecule has 0 radical (unpaired) electrons. The molecule has 0 bridgehead atoms. The van der Waals surface area contributed by atoms with Gasteiger partial charge in [-0.05, 0) is 51.4 Å². The van der Waals surface area contributed by atoms with E-state index < -0.39 is 6.10 Å². The molecule has 0 aromatic carbocycles. The minimum Gasteiger partial charge on any atom is -0.462 e. The average molecular weight is 1030 g/mol. The Labute approximate surface area is 455 Å². The summed E-state index contributed by atoms with van der Waals surface area (Å²) in [6.45, 7) is 6.69. The van der Waals surface area contributed by atoms with Gasteiger partial charge in [-0.1, -0.05) is 321 Å². The molecule has 6 heteroatoms. The van der Waals surface area contributed by atoms with Gasteiger partial charge in [-0.3, -0.25) is 14.4 Å². The van der Waals surface area contributed by atoms with Crippen molar-refractivity contribution in [3.05, 3.63) is 24.3 Å². The van der Waals surface area contributed by atoms with Gasteiger partial charge in [0.05, 0.1) is 0 Å². The predicted molar refractivity (Wildman–Crippen MR) is 316 cm³/mol. The molecule has 0 aliphatic rings. The van der Waals surface area contributed by atoms with Crippen LogP contribution in [-0.2, 0) is 28.6 Å². The van der Waals surface area contributed by atoms with Crippen molar-refractivity contribution in [1.29, 1.82) is 0 Å². The fourth-order valence-corrected chi connectivity index (χ4v) is 10.0. The molecule has 1 atom stereocenters. The maximum atomic E-state index is 12.9. The highest BCUT2D eigenvalue weighted by atomic mass is 16.6. The quantitative estimate of drug-likeness (QED) is 0.0261. The number of hydrogen-bond acceptors (Lipinski definition) is 6. The van der Waals surface area contributed by atoms with Gasteiger partial charge < -0.3 is 14.2 Å². The minimum absolute atomic E-state index is 0.0659. The summed E-state index contributed by atoms with van der Waals surface area (Å²) in [5, 5.41) is 0. The van der Waals surface area contributed by atoms with E-state index in [9.17, 15) is 14.4 Å². The normalized spacial score (nSPS) is 12.1. The topological polar surface area (TPSA) is 78.9 Å². The number of ether oxygens (including phenoxy) is 3. The lowest BCUT2D eigenvalue weighted by Crippen LogP contribution is -2.30. The number of rotatable bonds is 61. The van der Waals surface area contributed by atoms with Crippen molar-refractivity contribution in [3.63, 3.8) is 0 Å². The Bertz CT molecular complexity index is 1180. The van der Waals surface area contributed by atoms with Gasteiger partial charge in [-0.15, -0.1) is 0 Å². The number of carbonyl (C=O) groups is 3. The zero-order chi connectivity index (χ0) is 52.9. The minimum atomic E-state index is -0.769. The first kappa shape index (κ1) is 70.9. The molecule has 0 rings (SSSR count). The fourth-order valence-electron chi connectivity index (χ4n) is 10.0. The molecule has 0 amide bonds. The predicted octanol–water partition coefficient (Wildman–Crippen LogP) is 22.2. The standard InChI is InChI=1S/C67H126O6/c1-4-7-10-13-16-19-22-25-28-31-33-36-39-42-45-48-51-54-57-60-66(69)72-63-64(62-71-65(68)59-56-53-50-47-44-41-38-35-30-27-24-21-18-15-12-9-6-3)73-67(70)61-58-55-52-49-46-43-40-37-34-32-29-26-23-20-17-14-11-8-5-2/h16,19,25,28,64H,4-15,17-18,20-24,26-27,29-63H2,1-3H3/b19-16-,28-25-. The van der Waals surface area contributed by atoms with Crippen molar-refractivity contribution in [1.82, 2.24) is 0 Å². The van der Waals surface area contributed by atoms with E-state index in [0.29, 0.717) is 19.3 Å².